The molecule has 0 aliphatic carbocycles. The molecule has 0 radical (unpaired) electrons. The van der Waals surface area contributed by atoms with Crippen LogP contribution in [0, 0.1) is 6.92 Å². The van der Waals surface area contributed by atoms with Crippen LogP contribution in [0.5, 0.6) is 0 Å². The van der Waals surface area contributed by atoms with Gasteiger partial charge in [-0.15, -0.1) is 0 Å². The molecule has 0 aromatic heterocycles. The first-order chi connectivity index (χ1) is 10.4. The van der Waals surface area contributed by atoms with Crippen LogP contribution in [0.1, 0.15) is 44.7 Å². The molecule has 0 bridgehead atoms. The van der Waals surface area contributed by atoms with Crippen LogP contribution < -0.4 is 5.32 Å². The van der Waals surface area contributed by atoms with Gasteiger partial charge in [0.1, 0.15) is 0 Å². The van der Waals surface area contributed by atoms with Gasteiger partial charge in [0.15, 0.2) is 0 Å². The maximum Gasteiger partial charge on any atom is 0.321 e. The van der Waals surface area contributed by atoms with E-state index in [1.54, 1.807) is 0 Å². The minimum absolute atomic E-state index is 0.0274. The van der Waals surface area contributed by atoms with Crippen molar-refractivity contribution in [3.8, 4) is 0 Å². The maximum absolute atomic E-state index is 12.6. The third-order valence-electron chi connectivity index (χ3n) is 4.49. The Hall–Kier alpha value is -1.55. The molecule has 0 spiro atoms. The van der Waals surface area contributed by atoms with Crippen molar-refractivity contribution in [3.63, 3.8) is 0 Å². The standard InChI is InChI=1S/C18H29N3O/c1-13(2)16-8-6-7-15(5)17(16)19-18(22)21-11-9-20(10-12-21)14(3)4/h6-8,13-14H,9-12H2,1-5H3,(H,19,22). The van der Waals surface area contributed by atoms with Crippen LogP contribution in [-0.2, 0) is 0 Å². The second-order valence-corrected chi connectivity index (χ2v) is 6.74. The Morgan fingerprint density at radius 3 is 2.27 bits per heavy atom. The summed E-state index contributed by atoms with van der Waals surface area (Å²) < 4.78 is 0. The Bertz CT molecular complexity index is 517. The van der Waals surface area contributed by atoms with Gasteiger partial charge in [-0.3, -0.25) is 4.90 Å². The molecule has 2 rings (SSSR count). The van der Waals surface area contributed by atoms with Crippen LogP contribution in [0.25, 0.3) is 0 Å². The number of para-hydroxylation sites is 1. The number of hydrogen-bond acceptors (Lipinski definition) is 2. The summed E-state index contributed by atoms with van der Waals surface area (Å²) in [5, 5.41) is 3.14. The first-order valence-corrected chi connectivity index (χ1v) is 8.29. The Labute approximate surface area is 134 Å². The lowest BCUT2D eigenvalue weighted by molar-refractivity contribution is 0.125. The molecule has 4 heteroatoms. The summed E-state index contributed by atoms with van der Waals surface area (Å²) in [4.78, 5) is 16.9. The summed E-state index contributed by atoms with van der Waals surface area (Å²) in [6, 6.07) is 6.79. The molecule has 2 amide bonds. The van der Waals surface area contributed by atoms with E-state index in [2.05, 4.69) is 63.0 Å². The van der Waals surface area contributed by atoms with Crippen molar-refractivity contribution in [3.05, 3.63) is 29.3 Å². The average Bonchev–Trinajstić information content (AvgIpc) is 2.49. The van der Waals surface area contributed by atoms with Gasteiger partial charge in [-0.1, -0.05) is 32.0 Å². The van der Waals surface area contributed by atoms with E-state index >= 15 is 0 Å². The zero-order valence-corrected chi connectivity index (χ0v) is 14.5. The Morgan fingerprint density at radius 1 is 1.09 bits per heavy atom. The minimum Gasteiger partial charge on any atom is -0.322 e. The van der Waals surface area contributed by atoms with Gasteiger partial charge < -0.3 is 10.2 Å². The van der Waals surface area contributed by atoms with Crippen LogP contribution in [0.15, 0.2) is 18.2 Å². The highest BCUT2D eigenvalue weighted by atomic mass is 16.2. The molecule has 0 atom stereocenters. The lowest BCUT2D eigenvalue weighted by Gasteiger charge is -2.37. The molecule has 1 aliphatic heterocycles. The van der Waals surface area contributed by atoms with Gasteiger partial charge in [0, 0.05) is 37.9 Å². The number of carbonyl (C=O) groups excluding carboxylic acids is 1. The number of aryl methyl sites for hydroxylation is 1. The van der Waals surface area contributed by atoms with E-state index in [1.165, 1.54) is 5.56 Å². The quantitative estimate of drug-likeness (QED) is 0.924. The van der Waals surface area contributed by atoms with Crippen molar-refractivity contribution in [1.82, 2.24) is 9.80 Å². The lowest BCUT2D eigenvalue weighted by Crippen LogP contribution is -2.51. The van der Waals surface area contributed by atoms with Crippen molar-refractivity contribution in [2.75, 3.05) is 31.5 Å². The number of carbonyl (C=O) groups is 1. The average molecular weight is 303 g/mol. The van der Waals surface area contributed by atoms with Crippen LogP contribution >= 0.6 is 0 Å². The highest BCUT2D eigenvalue weighted by Crippen LogP contribution is 2.27. The van der Waals surface area contributed by atoms with Crippen molar-refractivity contribution < 1.29 is 4.79 Å². The molecule has 1 aromatic carbocycles. The van der Waals surface area contributed by atoms with Crippen molar-refractivity contribution >= 4 is 11.7 Å². The van der Waals surface area contributed by atoms with E-state index in [1.807, 2.05) is 4.90 Å². The second kappa shape index (κ2) is 7.14. The largest absolute Gasteiger partial charge is 0.322 e. The monoisotopic (exact) mass is 303 g/mol. The van der Waals surface area contributed by atoms with Crippen molar-refractivity contribution in [1.29, 1.82) is 0 Å². The number of amides is 2. The number of urea groups is 1. The fraction of sp³-hybridized carbons (Fsp3) is 0.611. The van der Waals surface area contributed by atoms with Gasteiger partial charge in [0.2, 0.25) is 0 Å². The molecular formula is C18H29N3O. The van der Waals surface area contributed by atoms with Gasteiger partial charge in [-0.2, -0.15) is 0 Å². The fourth-order valence-electron chi connectivity index (χ4n) is 2.97. The molecule has 1 fully saturated rings. The predicted molar refractivity (Wildman–Crippen MR) is 92.6 cm³/mol. The topological polar surface area (TPSA) is 35.6 Å². The summed E-state index contributed by atoms with van der Waals surface area (Å²) in [5.74, 6) is 0.396. The van der Waals surface area contributed by atoms with Crippen LogP contribution in [-0.4, -0.2) is 48.1 Å². The highest BCUT2D eigenvalue weighted by molar-refractivity contribution is 5.91. The van der Waals surface area contributed by atoms with E-state index in [0.717, 1.165) is 37.4 Å². The number of anilines is 1. The molecule has 1 aliphatic rings. The molecule has 1 N–H and O–H groups in total. The summed E-state index contributed by atoms with van der Waals surface area (Å²) in [6.45, 7) is 14.3. The predicted octanol–water partition coefficient (Wildman–Crippen LogP) is 3.68. The Kier molecular flexibility index (Phi) is 5.46. The van der Waals surface area contributed by atoms with E-state index in [4.69, 9.17) is 0 Å². The normalized spacial score (nSPS) is 16.4. The van der Waals surface area contributed by atoms with E-state index in [9.17, 15) is 4.79 Å². The van der Waals surface area contributed by atoms with Crippen LogP contribution in [0.2, 0.25) is 0 Å². The van der Waals surface area contributed by atoms with Crippen LogP contribution in [0.3, 0.4) is 0 Å². The first kappa shape index (κ1) is 16.8. The summed E-state index contributed by atoms with van der Waals surface area (Å²) in [6.07, 6.45) is 0. The van der Waals surface area contributed by atoms with Gasteiger partial charge in [0.05, 0.1) is 0 Å². The minimum atomic E-state index is 0.0274. The molecule has 0 unspecified atom stereocenters. The number of nitrogens with one attached hydrogen (secondary N) is 1. The molecule has 1 heterocycles. The van der Waals surface area contributed by atoms with Crippen molar-refractivity contribution in [2.24, 2.45) is 0 Å². The molecule has 1 saturated heterocycles. The SMILES string of the molecule is Cc1cccc(C(C)C)c1NC(=O)N1CCN(C(C)C)CC1. The number of nitrogens with zero attached hydrogens (tertiary/aromatic N) is 2. The summed E-state index contributed by atoms with van der Waals surface area (Å²) >= 11 is 0. The molecule has 1 aromatic rings. The second-order valence-electron chi connectivity index (χ2n) is 6.74. The Balaban J connectivity index is 2.04. The number of rotatable bonds is 3. The molecule has 0 saturated carbocycles. The van der Waals surface area contributed by atoms with E-state index < -0.39 is 0 Å². The van der Waals surface area contributed by atoms with E-state index in [-0.39, 0.29) is 6.03 Å². The number of benzene rings is 1. The molecular weight excluding hydrogens is 274 g/mol. The number of hydrogen-bond donors (Lipinski definition) is 1. The smallest absolute Gasteiger partial charge is 0.321 e. The summed E-state index contributed by atoms with van der Waals surface area (Å²) in [5.41, 5.74) is 3.31. The zero-order valence-electron chi connectivity index (χ0n) is 14.5. The molecule has 22 heavy (non-hydrogen) atoms. The first-order valence-electron chi connectivity index (χ1n) is 8.29. The summed E-state index contributed by atoms with van der Waals surface area (Å²) in [7, 11) is 0. The third kappa shape index (κ3) is 3.80. The number of piperazine rings is 1. The van der Waals surface area contributed by atoms with E-state index in [0.29, 0.717) is 12.0 Å². The van der Waals surface area contributed by atoms with Crippen LogP contribution in [0.4, 0.5) is 10.5 Å². The molecule has 4 nitrogen and oxygen atoms in total. The van der Waals surface area contributed by atoms with Gasteiger partial charge in [-0.05, 0) is 37.8 Å². The van der Waals surface area contributed by atoms with Gasteiger partial charge in [0.25, 0.3) is 0 Å². The Morgan fingerprint density at radius 2 is 1.73 bits per heavy atom. The molecule has 122 valence electrons. The van der Waals surface area contributed by atoms with Gasteiger partial charge in [-0.25, -0.2) is 4.79 Å². The van der Waals surface area contributed by atoms with Gasteiger partial charge >= 0.3 is 6.03 Å². The van der Waals surface area contributed by atoms with Crippen molar-refractivity contribution in [2.45, 2.75) is 46.6 Å². The fourth-order valence-corrected chi connectivity index (χ4v) is 2.97. The third-order valence-corrected chi connectivity index (χ3v) is 4.49. The maximum atomic E-state index is 12.6. The zero-order chi connectivity index (χ0) is 16.3. The highest BCUT2D eigenvalue weighted by Gasteiger charge is 2.23. The lowest BCUT2D eigenvalue weighted by atomic mass is 9.98.